The van der Waals surface area contributed by atoms with E-state index in [1.54, 1.807) is 18.2 Å². The topological polar surface area (TPSA) is 97.3 Å². The van der Waals surface area contributed by atoms with E-state index < -0.39 is 23.9 Å². The number of hydrogen-bond donors (Lipinski definition) is 1. The molecule has 4 rings (SSSR count). The van der Waals surface area contributed by atoms with Crippen molar-refractivity contribution in [2.75, 3.05) is 18.5 Å². The fourth-order valence-electron chi connectivity index (χ4n) is 3.14. The quantitative estimate of drug-likeness (QED) is 0.645. The van der Waals surface area contributed by atoms with Gasteiger partial charge in [-0.1, -0.05) is 12.1 Å². The number of nitrogens with one attached hydrogen (secondary N) is 1. The Bertz CT molecular complexity index is 1180. The third-order valence-electron chi connectivity index (χ3n) is 4.60. The van der Waals surface area contributed by atoms with Gasteiger partial charge in [-0.2, -0.15) is 13.2 Å². The number of hydrogen-bond acceptors (Lipinski definition) is 7. The van der Waals surface area contributed by atoms with Crippen LogP contribution >= 0.6 is 0 Å². The van der Waals surface area contributed by atoms with Crippen LogP contribution in [0, 0.1) is 6.92 Å². The van der Waals surface area contributed by atoms with Crippen LogP contribution in [0.5, 0.6) is 0 Å². The molecule has 1 N–H and O–H groups in total. The number of anilines is 2. The summed E-state index contributed by atoms with van der Waals surface area (Å²) in [7, 11) is 0. The molecule has 1 aliphatic heterocycles. The lowest BCUT2D eigenvalue weighted by molar-refractivity contribution is -0.141. The minimum atomic E-state index is -4.58. The summed E-state index contributed by atoms with van der Waals surface area (Å²) in [4.78, 5) is 36.4. The second kappa shape index (κ2) is 8.25. The maximum atomic E-state index is 12.9. The number of pyridine rings is 1. The van der Waals surface area contributed by atoms with Crippen molar-refractivity contribution in [3.63, 3.8) is 0 Å². The van der Waals surface area contributed by atoms with Gasteiger partial charge in [-0.3, -0.25) is 9.78 Å². The lowest BCUT2D eigenvalue weighted by atomic mass is 10.0. The van der Waals surface area contributed by atoms with Crippen molar-refractivity contribution in [1.29, 1.82) is 0 Å². The number of ether oxygens (including phenoxy) is 1. The summed E-state index contributed by atoms with van der Waals surface area (Å²) >= 11 is 0. The lowest BCUT2D eigenvalue weighted by Crippen LogP contribution is -2.32. The third kappa shape index (κ3) is 4.51. The Morgan fingerprint density at radius 2 is 1.94 bits per heavy atom. The molecule has 0 radical (unpaired) electrons. The molecule has 0 bridgehead atoms. The predicted octanol–water partition coefficient (Wildman–Crippen LogP) is 4.20. The molecule has 2 aromatic heterocycles. The molecule has 1 aliphatic rings. The number of nitrogens with zero attached hydrogens (tertiary/aromatic N) is 4. The van der Waals surface area contributed by atoms with E-state index in [9.17, 15) is 22.8 Å². The minimum absolute atomic E-state index is 0.0935. The number of aromatic nitrogens is 3. The molecule has 164 valence electrons. The number of alkyl halides is 3. The van der Waals surface area contributed by atoms with Gasteiger partial charge >= 0.3 is 12.3 Å². The van der Waals surface area contributed by atoms with Gasteiger partial charge in [0.1, 0.15) is 18.0 Å². The molecule has 0 saturated carbocycles. The van der Waals surface area contributed by atoms with E-state index in [0.717, 1.165) is 22.7 Å². The molecule has 1 aromatic carbocycles. The summed E-state index contributed by atoms with van der Waals surface area (Å²) in [5.74, 6) is -0.736. The highest BCUT2D eigenvalue weighted by Crippen LogP contribution is 2.29. The summed E-state index contributed by atoms with van der Waals surface area (Å²) in [6.07, 6.45) is -2.76. The number of imide groups is 1. The van der Waals surface area contributed by atoms with Crippen LogP contribution in [0.25, 0.3) is 11.1 Å². The fourth-order valence-corrected chi connectivity index (χ4v) is 3.14. The van der Waals surface area contributed by atoms with Crippen LogP contribution in [0.1, 0.15) is 21.7 Å². The number of carbonyl (C=O) groups excluding carboxylic acids is 2. The molecule has 0 aliphatic carbocycles. The summed E-state index contributed by atoms with van der Waals surface area (Å²) in [6.45, 7) is 2.15. The van der Waals surface area contributed by atoms with E-state index in [1.165, 1.54) is 12.3 Å². The van der Waals surface area contributed by atoms with E-state index in [0.29, 0.717) is 16.8 Å². The van der Waals surface area contributed by atoms with Gasteiger partial charge in [0.2, 0.25) is 5.95 Å². The maximum Gasteiger partial charge on any atom is 0.433 e. The molecule has 3 aromatic rings. The standard InChI is InChI=1S/C21H16F3N5O3/c1-12-8-14(10-15(9-12)27-19-25-5-4-17(28-19)21(22,23)24)13-2-3-16(26-11-13)18(30)29-6-7-32-20(29)31/h2-5,8-11H,6-7H2,1H3,(H,25,27,28). The molecule has 2 amide bonds. The van der Waals surface area contributed by atoms with Crippen molar-refractivity contribution >= 4 is 23.6 Å². The molecule has 8 nitrogen and oxygen atoms in total. The number of carbonyl (C=O) groups is 2. The van der Waals surface area contributed by atoms with Crippen LogP contribution in [0.2, 0.25) is 0 Å². The number of rotatable bonds is 4. The highest BCUT2D eigenvalue weighted by molar-refractivity contribution is 6.02. The van der Waals surface area contributed by atoms with Crippen LogP contribution in [0.3, 0.4) is 0 Å². The molecule has 11 heteroatoms. The summed E-state index contributed by atoms with van der Waals surface area (Å²) in [6, 6.07) is 9.25. The highest BCUT2D eigenvalue weighted by Gasteiger charge is 2.33. The number of aryl methyl sites for hydroxylation is 1. The van der Waals surface area contributed by atoms with Crippen molar-refractivity contribution in [3.05, 3.63) is 65.7 Å². The number of cyclic esters (lactones) is 1. The smallest absolute Gasteiger partial charge is 0.433 e. The molecule has 0 atom stereocenters. The Labute approximate surface area is 180 Å². The van der Waals surface area contributed by atoms with E-state index in [-0.39, 0.29) is 24.8 Å². The summed E-state index contributed by atoms with van der Waals surface area (Å²) < 4.78 is 43.4. The first-order chi connectivity index (χ1) is 15.2. The SMILES string of the molecule is Cc1cc(Nc2nccc(C(F)(F)F)n2)cc(-c2ccc(C(=O)N3CCOC3=O)nc2)c1. The Balaban J connectivity index is 1.56. The van der Waals surface area contributed by atoms with Crippen molar-refractivity contribution in [2.24, 2.45) is 0 Å². The van der Waals surface area contributed by atoms with Crippen LogP contribution in [-0.2, 0) is 10.9 Å². The predicted molar refractivity (Wildman–Crippen MR) is 107 cm³/mol. The van der Waals surface area contributed by atoms with Crippen molar-refractivity contribution in [2.45, 2.75) is 13.1 Å². The van der Waals surface area contributed by atoms with E-state index >= 15 is 0 Å². The third-order valence-corrected chi connectivity index (χ3v) is 4.60. The van der Waals surface area contributed by atoms with Crippen molar-refractivity contribution in [3.8, 4) is 11.1 Å². The first-order valence-corrected chi connectivity index (χ1v) is 9.45. The number of halogens is 3. The van der Waals surface area contributed by atoms with Crippen molar-refractivity contribution < 1.29 is 27.5 Å². The van der Waals surface area contributed by atoms with Crippen LogP contribution in [0.15, 0.2) is 48.8 Å². The first-order valence-electron chi connectivity index (χ1n) is 9.45. The van der Waals surface area contributed by atoms with Gasteiger partial charge in [0, 0.05) is 23.6 Å². The number of amides is 2. The summed E-state index contributed by atoms with van der Waals surface area (Å²) in [5.41, 5.74) is 1.75. The van der Waals surface area contributed by atoms with Gasteiger partial charge in [0.05, 0.1) is 6.54 Å². The fraction of sp³-hybridized carbons (Fsp3) is 0.190. The molecular weight excluding hydrogens is 427 g/mol. The van der Waals surface area contributed by atoms with Crippen LogP contribution in [-0.4, -0.2) is 45.0 Å². The Kier molecular flexibility index (Phi) is 5.47. The van der Waals surface area contributed by atoms with E-state index in [4.69, 9.17) is 4.74 Å². The van der Waals surface area contributed by atoms with E-state index in [1.807, 2.05) is 13.0 Å². The summed E-state index contributed by atoms with van der Waals surface area (Å²) in [5, 5.41) is 2.78. The Morgan fingerprint density at radius 1 is 1.12 bits per heavy atom. The van der Waals surface area contributed by atoms with Crippen LogP contribution < -0.4 is 5.32 Å². The molecule has 1 fully saturated rings. The van der Waals surface area contributed by atoms with Crippen molar-refractivity contribution in [1.82, 2.24) is 19.9 Å². The van der Waals surface area contributed by atoms with Gasteiger partial charge in [-0.15, -0.1) is 0 Å². The Hall–Kier alpha value is -4.02. The van der Waals surface area contributed by atoms with Gasteiger partial charge in [0.25, 0.3) is 5.91 Å². The zero-order chi connectivity index (χ0) is 22.9. The minimum Gasteiger partial charge on any atom is -0.447 e. The molecule has 1 saturated heterocycles. The second-order valence-electron chi connectivity index (χ2n) is 6.98. The zero-order valence-corrected chi connectivity index (χ0v) is 16.7. The van der Waals surface area contributed by atoms with Gasteiger partial charge in [-0.05, 0) is 42.3 Å². The average Bonchev–Trinajstić information content (AvgIpc) is 3.18. The Morgan fingerprint density at radius 3 is 2.59 bits per heavy atom. The molecule has 0 unspecified atom stereocenters. The zero-order valence-electron chi connectivity index (χ0n) is 16.7. The highest BCUT2D eigenvalue weighted by atomic mass is 19.4. The van der Waals surface area contributed by atoms with E-state index in [2.05, 4.69) is 20.3 Å². The molecule has 0 spiro atoms. The monoisotopic (exact) mass is 443 g/mol. The second-order valence-corrected chi connectivity index (χ2v) is 6.98. The van der Waals surface area contributed by atoms with Gasteiger partial charge in [-0.25, -0.2) is 19.7 Å². The lowest BCUT2D eigenvalue weighted by Gasteiger charge is -2.12. The first kappa shape index (κ1) is 21.2. The largest absolute Gasteiger partial charge is 0.447 e. The molecule has 32 heavy (non-hydrogen) atoms. The molecular formula is C21H16F3N5O3. The normalized spacial score (nSPS) is 13.8. The van der Waals surface area contributed by atoms with Crippen LogP contribution in [0.4, 0.5) is 29.6 Å². The van der Waals surface area contributed by atoms with Gasteiger partial charge < -0.3 is 10.1 Å². The van der Waals surface area contributed by atoms with Gasteiger partial charge in [0.15, 0.2) is 0 Å². The maximum absolute atomic E-state index is 12.9. The number of benzene rings is 1. The molecule has 3 heterocycles. The average molecular weight is 443 g/mol.